The molecule has 0 spiro atoms. The molecule has 1 unspecified atom stereocenters. The predicted molar refractivity (Wildman–Crippen MR) is 57.8 cm³/mol. The third kappa shape index (κ3) is 2.23. The minimum absolute atomic E-state index is 0.213. The van der Waals surface area contributed by atoms with Gasteiger partial charge in [-0.1, -0.05) is 12.8 Å². The largest absolute Gasteiger partial charge is 0.480 e. The van der Waals surface area contributed by atoms with Crippen molar-refractivity contribution in [3.63, 3.8) is 0 Å². The molecule has 2 rings (SSSR count). The van der Waals surface area contributed by atoms with Crippen LogP contribution in [-0.2, 0) is 15.8 Å². The Morgan fingerprint density at radius 1 is 1.20 bits per heavy atom. The van der Waals surface area contributed by atoms with Gasteiger partial charge in [0, 0.05) is 11.8 Å². The van der Waals surface area contributed by atoms with Crippen molar-refractivity contribution in [1.29, 1.82) is 0 Å². The second kappa shape index (κ2) is 4.61. The molecule has 0 aromatic rings. The first-order chi connectivity index (χ1) is 7.20. The van der Waals surface area contributed by atoms with Crippen molar-refractivity contribution in [1.82, 2.24) is 4.31 Å². The van der Waals surface area contributed by atoms with E-state index in [9.17, 15) is 9.00 Å². The molecule has 15 heavy (non-hydrogen) atoms. The molecule has 2 aliphatic rings. The third-order valence-corrected chi connectivity index (χ3v) is 5.25. The van der Waals surface area contributed by atoms with Gasteiger partial charge in [0.15, 0.2) is 0 Å². The highest BCUT2D eigenvalue weighted by Gasteiger charge is 2.37. The molecule has 1 heterocycles. The Hall–Kier alpha value is -0.420. The summed E-state index contributed by atoms with van der Waals surface area (Å²) in [5.41, 5.74) is 0. The van der Waals surface area contributed by atoms with Gasteiger partial charge in [-0.05, 0) is 25.7 Å². The zero-order valence-corrected chi connectivity index (χ0v) is 9.54. The van der Waals surface area contributed by atoms with Crippen LogP contribution in [0.1, 0.15) is 38.5 Å². The summed E-state index contributed by atoms with van der Waals surface area (Å²) in [7, 11) is -1.07. The summed E-state index contributed by atoms with van der Waals surface area (Å²) in [6.45, 7) is 0.681. The maximum Gasteiger partial charge on any atom is 0.321 e. The number of aliphatic carboxylic acids is 1. The number of carboxylic acid groups (broad SMARTS) is 1. The van der Waals surface area contributed by atoms with Crippen molar-refractivity contribution in [3.8, 4) is 0 Å². The van der Waals surface area contributed by atoms with E-state index in [1.807, 2.05) is 0 Å². The van der Waals surface area contributed by atoms with Gasteiger partial charge in [0.25, 0.3) is 0 Å². The van der Waals surface area contributed by atoms with E-state index in [0.29, 0.717) is 13.0 Å². The standard InChI is InChI=1S/C10H17NO3S/c12-10(13)9-6-3-7-11(9)15(14)8-4-1-2-5-8/h8-9H,1-7H2,(H,12,13)/t9-,15?/m0/s1. The molecule has 5 heteroatoms. The number of hydrogen-bond donors (Lipinski definition) is 1. The number of carboxylic acids is 1. The van der Waals surface area contributed by atoms with E-state index in [-0.39, 0.29) is 5.25 Å². The maximum absolute atomic E-state index is 12.1. The van der Waals surface area contributed by atoms with Crippen LogP contribution in [-0.4, -0.2) is 37.4 Å². The molecule has 0 radical (unpaired) electrons. The van der Waals surface area contributed by atoms with Crippen molar-refractivity contribution in [2.75, 3.05) is 6.54 Å². The average Bonchev–Trinajstić information content (AvgIpc) is 2.88. The molecule has 1 saturated carbocycles. The van der Waals surface area contributed by atoms with Crippen LogP contribution in [0.5, 0.6) is 0 Å². The van der Waals surface area contributed by atoms with Crippen LogP contribution in [0.2, 0.25) is 0 Å². The van der Waals surface area contributed by atoms with Crippen molar-refractivity contribution in [2.24, 2.45) is 0 Å². The first kappa shape index (κ1) is 11.1. The Balaban J connectivity index is 2.02. The lowest BCUT2D eigenvalue weighted by Crippen LogP contribution is -2.40. The summed E-state index contributed by atoms with van der Waals surface area (Å²) in [5.74, 6) is -0.821. The van der Waals surface area contributed by atoms with Gasteiger partial charge in [0.05, 0.1) is 11.0 Å². The van der Waals surface area contributed by atoms with E-state index >= 15 is 0 Å². The van der Waals surface area contributed by atoms with Crippen LogP contribution in [0, 0.1) is 0 Å². The van der Waals surface area contributed by atoms with Gasteiger partial charge in [-0.25, -0.2) is 8.51 Å². The monoisotopic (exact) mass is 231 g/mol. The normalized spacial score (nSPS) is 30.8. The molecule has 1 saturated heterocycles. The van der Waals surface area contributed by atoms with Crippen molar-refractivity contribution in [2.45, 2.75) is 49.8 Å². The molecule has 0 aromatic heterocycles. The lowest BCUT2D eigenvalue weighted by Gasteiger charge is -2.23. The van der Waals surface area contributed by atoms with Gasteiger partial charge >= 0.3 is 5.97 Å². The molecule has 0 aromatic carbocycles. The summed E-state index contributed by atoms with van der Waals surface area (Å²) in [6.07, 6.45) is 5.78. The van der Waals surface area contributed by atoms with E-state index < -0.39 is 23.0 Å². The quantitative estimate of drug-likeness (QED) is 0.792. The number of rotatable bonds is 3. The molecular weight excluding hydrogens is 214 g/mol. The molecule has 2 fully saturated rings. The highest BCUT2D eigenvalue weighted by atomic mass is 32.2. The van der Waals surface area contributed by atoms with E-state index in [1.54, 1.807) is 4.31 Å². The van der Waals surface area contributed by atoms with E-state index in [1.165, 1.54) is 0 Å². The number of carbonyl (C=O) groups is 1. The van der Waals surface area contributed by atoms with Gasteiger partial charge < -0.3 is 5.11 Å². The minimum atomic E-state index is -1.07. The van der Waals surface area contributed by atoms with Crippen LogP contribution >= 0.6 is 0 Å². The van der Waals surface area contributed by atoms with Gasteiger partial charge in [-0.2, -0.15) is 0 Å². The predicted octanol–water partition coefficient (Wildman–Crippen LogP) is 1.14. The zero-order valence-electron chi connectivity index (χ0n) is 8.72. The molecular formula is C10H17NO3S. The zero-order chi connectivity index (χ0) is 10.8. The van der Waals surface area contributed by atoms with Crippen molar-refractivity contribution in [3.05, 3.63) is 0 Å². The van der Waals surface area contributed by atoms with Crippen LogP contribution < -0.4 is 0 Å². The van der Waals surface area contributed by atoms with E-state index in [4.69, 9.17) is 5.11 Å². The Bertz CT molecular complexity index is 276. The van der Waals surface area contributed by atoms with Gasteiger partial charge in [-0.3, -0.25) is 4.79 Å². The first-order valence-electron chi connectivity index (χ1n) is 5.60. The number of hydrogen-bond acceptors (Lipinski definition) is 2. The summed E-state index contributed by atoms with van der Waals surface area (Å²) < 4.78 is 13.8. The van der Waals surface area contributed by atoms with E-state index in [2.05, 4.69) is 0 Å². The Morgan fingerprint density at radius 2 is 1.87 bits per heavy atom. The van der Waals surface area contributed by atoms with Crippen LogP contribution in [0.4, 0.5) is 0 Å². The highest BCUT2D eigenvalue weighted by molar-refractivity contribution is 7.83. The second-order valence-corrected chi connectivity index (χ2v) is 6.01. The topological polar surface area (TPSA) is 57.6 Å². The summed E-state index contributed by atoms with van der Waals surface area (Å²) in [5, 5.41) is 9.21. The Morgan fingerprint density at radius 3 is 2.47 bits per heavy atom. The molecule has 0 amide bonds. The maximum atomic E-state index is 12.1. The Labute approximate surface area is 92.2 Å². The molecule has 4 nitrogen and oxygen atoms in total. The Kier molecular flexibility index (Phi) is 3.41. The van der Waals surface area contributed by atoms with Crippen molar-refractivity contribution >= 4 is 17.0 Å². The lowest BCUT2D eigenvalue weighted by molar-refractivity contribution is -0.140. The molecule has 86 valence electrons. The van der Waals surface area contributed by atoms with Crippen LogP contribution in [0.3, 0.4) is 0 Å². The summed E-state index contributed by atoms with van der Waals surface area (Å²) in [6, 6.07) is -0.508. The van der Waals surface area contributed by atoms with Crippen molar-refractivity contribution < 1.29 is 14.1 Å². The fraction of sp³-hybridized carbons (Fsp3) is 0.900. The van der Waals surface area contributed by atoms with E-state index in [0.717, 1.165) is 32.1 Å². The SMILES string of the molecule is O=C(O)[C@@H]1CCCN1S(=O)C1CCCC1. The molecule has 2 atom stereocenters. The molecule has 1 N–H and O–H groups in total. The van der Waals surface area contributed by atoms with Gasteiger partial charge in [-0.15, -0.1) is 0 Å². The minimum Gasteiger partial charge on any atom is -0.480 e. The lowest BCUT2D eigenvalue weighted by atomic mass is 10.2. The van der Waals surface area contributed by atoms with Gasteiger partial charge in [0.2, 0.25) is 0 Å². The summed E-state index contributed by atoms with van der Waals surface area (Å²) >= 11 is 0. The fourth-order valence-corrected chi connectivity index (χ4v) is 4.36. The van der Waals surface area contributed by atoms with Crippen LogP contribution in [0.25, 0.3) is 0 Å². The molecule has 1 aliphatic heterocycles. The smallest absolute Gasteiger partial charge is 0.321 e. The second-order valence-electron chi connectivity index (χ2n) is 4.32. The number of nitrogens with zero attached hydrogens (tertiary/aromatic N) is 1. The van der Waals surface area contributed by atoms with Gasteiger partial charge in [0.1, 0.15) is 6.04 Å². The summed E-state index contributed by atoms with van der Waals surface area (Å²) in [4.78, 5) is 11.0. The van der Waals surface area contributed by atoms with Crippen LogP contribution in [0.15, 0.2) is 0 Å². The molecule has 1 aliphatic carbocycles. The molecule has 0 bridgehead atoms. The fourth-order valence-electron chi connectivity index (χ4n) is 2.48. The third-order valence-electron chi connectivity index (χ3n) is 3.31. The first-order valence-corrected chi connectivity index (χ1v) is 6.77. The highest BCUT2D eigenvalue weighted by Crippen LogP contribution is 2.28. The average molecular weight is 231 g/mol.